The van der Waals surface area contributed by atoms with Gasteiger partial charge in [-0.3, -0.25) is 0 Å². The molecule has 1 heterocycles. The van der Waals surface area contributed by atoms with E-state index in [1.165, 1.54) is 29.3 Å². The number of carbonyl (C=O) groups is 1. The maximum atomic E-state index is 11.2. The van der Waals surface area contributed by atoms with Gasteiger partial charge >= 0.3 is 6.03 Å². The summed E-state index contributed by atoms with van der Waals surface area (Å²) in [5.41, 5.74) is 0. The molecule has 17 heavy (non-hydrogen) atoms. The van der Waals surface area contributed by atoms with Crippen LogP contribution in [0.5, 0.6) is 0 Å². The summed E-state index contributed by atoms with van der Waals surface area (Å²) in [6.45, 7) is 1.24. The Morgan fingerprint density at radius 3 is 2.88 bits per heavy atom. The minimum atomic E-state index is -0.0808. The summed E-state index contributed by atoms with van der Waals surface area (Å²) >= 11 is 1.39. The van der Waals surface area contributed by atoms with Gasteiger partial charge < -0.3 is 15.5 Å². The number of anilines is 1. The molecule has 0 aliphatic heterocycles. The maximum absolute atomic E-state index is 11.2. The van der Waals surface area contributed by atoms with Gasteiger partial charge in [0.1, 0.15) is 5.82 Å². The molecule has 1 aliphatic carbocycles. The highest BCUT2D eigenvalue weighted by molar-refractivity contribution is 7.09. The molecule has 0 aromatic carbocycles. The SMILES string of the molecule is CN(C)C(=O)NCCNc1nc(C2CC2)ns1. The van der Waals surface area contributed by atoms with Gasteiger partial charge in [0, 0.05) is 44.6 Å². The van der Waals surface area contributed by atoms with Gasteiger partial charge in [-0.05, 0) is 12.8 Å². The molecule has 1 fully saturated rings. The van der Waals surface area contributed by atoms with Crippen LogP contribution in [-0.2, 0) is 0 Å². The van der Waals surface area contributed by atoms with Crippen LogP contribution >= 0.6 is 11.5 Å². The van der Waals surface area contributed by atoms with Gasteiger partial charge in [0.15, 0.2) is 0 Å². The Morgan fingerprint density at radius 1 is 1.47 bits per heavy atom. The maximum Gasteiger partial charge on any atom is 0.316 e. The summed E-state index contributed by atoms with van der Waals surface area (Å²) < 4.78 is 4.29. The highest BCUT2D eigenvalue weighted by Crippen LogP contribution is 2.39. The minimum Gasteiger partial charge on any atom is -0.359 e. The van der Waals surface area contributed by atoms with E-state index in [9.17, 15) is 4.79 Å². The lowest BCUT2D eigenvalue weighted by atomic mass is 10.4. The quantitative estimate of drug-likeness (QED) is 0.773. The Balaban J connectivity index is 1.65. The largest absolute Gasteiger partial charge is 0.359 e. The molecule has 94 valence electrons. The molecule has 7 heteroatoms. The monoisotopic (exact) mass is 255 g/mol. The van der Waals surface area contributed by atoms with E-state index in [-0.39, 0.29) is 6.03 Å². The molecular weight excluding hydrogens is 238 g/mol. The second-order valence-corrected chi connectivity index (χ2v) is 5.04. The van der Waals surface area contributed by atoms with Gasteiger partial charge in [-0.15, -0.1) is 0 Å². The fraction of sp³-hybridized carbons (Fsp3) is 0.700. The first-order valence-corrected chi connectivity index (χ1v) is 6.47. The zero-order chi connectivity index (χ0) is 12.3. The normalized spacial score (nSPS) is 14.5. The van der Waals surface area contributed by atoms with Crippen LogP contribution in [0.2, 0.25) is 0 Å². The van der Waals surface area contributed by atoms with E-state index in [0.29, 0.717) is 19.0 Å². The van der Waals surface area contributed by atoms with Crippen molar-refractivity contribution in [3.05, 3.63) is 5.82 Å². The fourth-order valence-electron chi connectivity index (χ4n) is 1.31. The fourth-order valence-corrected chi connectivity index (χ4v) is 1.98. The van der Waals surface area contributed by atoms with E-state index >= 15 is 0 Å². The highest BCUT2D eigenvalue weighted by atomic mass is 32.1. The Kier molecular flexibility index (Phi) is 3.78. The van der Waals surface area contributed by atoms with Gasteiger partial charge in [-0.2, -0.15) is 4.37 Å². The second kappa shape index (κ2) is 5.31. The van der Waals surface area contributed by atoms with E-state index in [1.54, 1.807) is 14.1 Å². The van der Waals surface area contributed by atoms with Gasteiger partial charge in [0.2, 0.25) is 5.13 Å². The summed E-state index contributed by atoms with van der Waals surface area (Å²) in [6, 6.07) is -0.0808. The smallest absolute Gasteiger partial charge is 0.316 e. The lowest BCUT2D eigenvalue weighted by molar-refractivity contribution is 0.218. The molecule has 1 saturated carbocycles. The Labute approximate surface area is 105 Å². The summed E-state index contributed by atoms with van der Waals surface area (Å²) in [5.74, 6) is 1.56. The third-order valence-electron chi connectivity index (χ3n) is 2.47. The molecular formula is C10H17N5OS. The van der Waals surface area contributed by atoms with Crippen LogP contribution in [0.15, 0.2) is 0 Å². The number of urea groups is 1. The molecule has 2 N–H and O–H groups in total. The van der Waals surface area contributed by atoms with E-state index < -0.39 is 0 Å². The van der Waals surface area contributed by atoms with Crippen molar-refractivity contribution in [1.29, 1.82) is 0 Å². The molecule has 0 spiro atoms. The number of nitrogens with one attached hydrogen (secondary N) is 2. The van der Waals surface area contributed by atoms with Crippen LogP contribution in [0.4, 0.5) is 9.93 Å². The minimum absolute atomic E-state index is 0.0808. The van der Waals surface area contributed by atoms with Gasteiger partial charge in [0.05, 0.1) is 0 Å². The summed E-state index contributed by atoms with van der Waals surface area (Å²) in [5, 5.41) is 6.77. The third-order valence-corrected chi connectivity index (χ3v) is 3.15. The molecule has 0 unspecified atom stereocenters. The van der Waals surface area contributed by atoms with Crippen LogP contribution in [0.1, 0.15) is 24.6 Å². The number of rotatable bonds is 5. The molecule has 0 saturated heterocycles. The van der Waals surface area contributed by atoms with Crippen LogP contribution < -0.4 is 10.6 Å². The van der Waals surface area contributed by atoms with Crippen LogP contribution in [0, 0.1) is 0 Å². The van der Waals surface area contributed by atoms with E-state index in [0.717, 1.165) is 11.0 Å². The molecule has 0 radical (unpaired) electrons. The average Bonchev–Trinajstić information content (AvgIpc) is 3.04. The Bertz CT molecular complexity index is 388. The number of amides is 2. The third kappa shape index (κ3) is 3.55. The van der Waals surface area contributed by atoms with Gasteiger partial charge in [-0.25, -0.2) is 9.78 Å². The summed E-state index contributed by atoms with van der Waals surface area (Å²) in [4.78, 5) is 17.1. The first-order chi connectivity index (χ1) is 8.16. The Hall–Kier alpha value is -1.37. The predicted molar refractivity (Wildman–Crippen MR) is 67.5 cm³/mol. The van der Waals surface area contributed by atoms with Crippen molar-refractivity contribution in [2.75, 3.05) is 32.5 Å². The zero-order valence-corrected chi connectivity index (χ0v) is 10.9. The van der Waals surface area contributed by atoms with Gasteiger partial charge in [0.25, 0.3) is 0 Å². The molecule has 0 atom stereocenters. The lowest BCUT2D eigenvalue weighted by Crippen LogP contribution is -2.37. The van der Waals surface area contributed by atoms with Crippen molar-refractivity contribution < 1.29 is 4.79 Å². The van der Waals surface area contributed by atoms with Crippen LogP contribution in [0.25, 0.3) is 0 Å². The summed E-state index contributed by atoms with van der Waals surface area (Å²) in [6.07, 6.45) is 2.43. The molecule has 1 aromatic rings. The Morgan fingerprint density at radius 2 is 2.24 bits per heavy atom. The molecule has 1 aliphatic rings. The van der Waals surface area contributed by atoms with Crippen molar-refractivity contribution in [2.45, 2.75) is 18.8 Å². The first kappa shape index (κ1) is 12.1. The van der Waals surface area contributed by atoms with E-state index in [1.807, 2.05) is 0 Å². The number of aromatic nitrogens is 2. The summed E-state index contributed by atoms with van der Waals surface area (Å²) in [7, 11) is 3.44. The van der Waals surface area contributed by atoms with Crippen molar-refractivity contribution >= 4 is 22.7 Å². The van der Waals surface area contributed by atoms with Crippen molar-refractivity contribution in [1.82, 2.24) is 19.6 Å². The average molecular weight is 255 g/mol. The number of carbonyl (C=O) groups excluding carboxylic acids is 1. The molecule has 2 rings (SSSR count). The standard InChI is InChI=1S/C10H17N5OS/c1-15(2)10(16)12-6-5-11-9-13-8(14-17-9)7-3-4-7/h7H,3-6H2,1-2H3,(H,12,16)(H,11,13,14). The molecule has 6 nitrogen and oxygen atoms in total. The first-order valence-electron chi connectivity index (χ1n) is 5.69. The van der Waals surface area contributed by atoms with Crippen LogP contribution in [-0.4, -0.2) is 47.5 Å². The molecule has 2 amide bonds. The van der Waals surface area contributed by atoms with E-state index in [4.69, 9.17) is 0 Å². The number of nitrogens with zero attached hydrogens (tertiary/aromatic N) is 3. The predicted octanol–water partition coefficient (Wildman–Crippen LogP) is 1.10. The highest BCUT2D eigenvalue weighted by Gasteiger charge is 2.27. The number of hydrogen-bond acceptors (Lipinski definition) is 5. The zero-order valence-electron chi connectivity index (χ0n) is 10.1. The van der Waals surface area contributed by atoms with Gasteiger partial charge in [-0.1, -0.05) is 0 Å². The van der Waals surface area contributed by atoms with Crippen molar-refractivity contribution in [2.24, 2.45) is 0 Å². The topological polar surface area (TPSA) is 70.2 Å². The lowest BCUT2D eigenvalue weighted by Gasteiger charge is -2.11. The van der Waals surface area contributed by atoms with Crippen LogP contribution in [0.3, 0.4) is 0 Å². The van der Waals surface area contributed by atoms with Crippen molar-refractivity contribution in [3.63, 3.8) is 0 Å². The molecule has 0 bridgehead atoms. The van der Waals surface area contributed by atoms with Crippen molar-refractivity contribution in [3.8, 4) is 0 Å². The number of hydrogen-bond donors (Lipinski definition) is 2. The second-order valence-electron chi connectivity index (χ2n) is 4.29. The van der Waals surface area contributed by atoms with E-state index in [2.05, 4.69) is 20.0 Å². The molecule has 1 aromatic heterocycles.